The van der Waals surface area contributed by atoms with Crippen molar-refractivity contribution in [2.45, 2.75) is 58.0 Å². The largest absolute Gasteiger partial charge is 0.481 e. The second kappa shape index (κ2) is 18.2. The molecular weight excluding hydrogens is 312 g/mol. The Morgan fingerprint density at radius 2 is 1.40 bits per heavy atom. The summed E-state index contributed by atoms with van der Waals surface area (Å²) in [4.78, 5) is 10.3. The Labute approximate surface area is 152 Å². The molecule has 0 aliphatic carbocycles. The van der Waals surface area contributed by atoms with Crippen LogP contribution in [-0.2, 0) is 4.79 Å². The number of aliphatic carboxylic acids is 1. The van der Waals surface area contributed by atoms with E-state index in [1.165, 1.54) is 0 Å². The molecule has 0 aliphatic heterocycles. The van der Waals surface area contributed by atoms with Crippen LogP contribution in [0.25, 0.3) is 0 Å². The number of hydrogen-bond donors (Lipinski definition) is 2. The van der Waals surface area contributed by atoms with Gasteiger partial charge >= 0.3 is 5.97 Å². The lowest BCUT2D eigenvalue weighted by Crippen LogP contribution is -1.98. The summed E-state index contributed by atoms with van der Waals surface area (Å²) < 4.78 is 0. The summed E-state index contributed by atoms with van der Waals surface area (Å²) in [7, 11) is 0. The van der Waals surface area contributed by atoms with E-state index in [-0.39, 0.29) is 6.42 Å². The Kier molecular flexibility index (Phi) is 16.7. The monoisotopic (exact) mass is 344 g/mol. The molecule has 25 heavy (non-hydrogen) atoms. The first kappa shape index (κ1) is 22.9. The lowest BCUT2D eigenvalue weighted by molar-refractivity contribution is -0.136. The van der Waals surface area contributed by atoms with Gasteiger partial charge in [0.15, 0.2) is 0 Å². The van der Waals surface area contributed by atoms with E-state index in [9.17, 15) is 9.90 Å². The van der Waals surface area contributed by atoms with Gasteiger partial charge in [0, 0.05) is 6.42 Å². The van der Waals surface area contributed by atoms with Crippen molar-refractivity contribution in [1.29, 1.82) is 0 Å². The first-order valence-electron chi connectivity index (χ1n) is 9.00. The Hall–Kier alpha value is -2.13. The minimum Gasteiger partial charge on any atom is -0.481 e. The number of carbonyl (C=O) groups is 1. The van der Waals surface area contributed by atoms with Crippen molar-refractivity contribution < 1.29 is 15.0 Å². The molecule has 1 atom stereocenters. The van der Waals surface area contributed by atoms with E-state index in [1.54, 1.807) is 24.3 Å². The molecule has 0 fully saturated rings. The predicted molar refractivity (Wildman–Crippen MR) is 106 cm³/mol. The number of carboxylic acids is 1. The fourth-order valence-electron chi connectivity index (χ4n) is 1.87. The maximum absolute atomic E-state index is 10.3. The topological polar surface area (TPSA) is 57.5 Å². The number of carboxylic acid groups (broad SMARTS) is 1. The Bertz CT molecular complexity index is 493. The molecule has 0 heterocycles. The van der Waals surface area contributed by atoms with Crippen LogP contribution in [0.3, 0.4) is 0 Å². The van der Waals surface area contributed by atoms with Crippen LogP contribution in [-0.4, -0.2) is 22.3 Å². The molecule has 0 rings (SSSR count). The quantitative estimate of drug-likeness (QED) is 0.322. The van der Waals surface area contributed by atoms with Crippen LogP contribution in [0.5, 0.6) is 0 Å². The molecule has 3 nitrogen and oxygen atoms in total. The van der Waals surface area contributed by atoms with Crippen LogP contribution in [0.15, 0.2) is 72.9 Å². The first-order chi connectivity index (χ1) is 12.2. The Balaban J connectivity index is 3.70. The molecule has 0 radical (unpaired) electrons. The van der Waals surface area contributed by atoms with Gasteiger partial charge in [-0.2, -0.15) is 0 Å². The third-order valence-corrected chi connectivity index (χ3v) is 3.20. The van der Waals surface area contributed by atoms with Crippen molar-refractivity contribution in [2.24, 2.45) is 0 Å². The van der Waals surface area contributed by atoms with Gasteiger partial charge in [0.25, 0.3) is 0 Å². The van der Waals surface area contributed by atoms with Crippen molar-refractivity contribution >= 4 is 5.97 Å². The average Bonchev–Trinajstić information content (AvgIpc) is 2.58. The van der Waals surface area contributed by atoms with Gasteiger partial charge in [0.2, 0.25) is 0 Å². The van der Waals surface area contributed by atoms with Crippen molar-refractivity contribution in [3.05, 3.63) is 72.9 Å². The van der Waals surface area contributed by atoms with E-state index < -0.39 is 12.1 Å². The van der Waals surface area contributed by atoms with Gasteiger partial charge in [-0.15, -0.1) is 0 Å². The third-order valence-electron chi connectivity index (χ3n) is 3.20. The number of allylic oxidation sites excluding steroid dienone is 10. The second-order valence-corrected chi connectivity index (χ2v) is 5.55. The summed E-state index contributed by atoms with van der Waals surface area (Å²) in [5, 5.41) is 18.2. The van der Waals surface area contributed by atoms with E-state index >= 15 is 0 Å². The summed E-state index contributed by atoms with van der Waals surface area (Å²) in [5.74, 6) is -0.798. The number of aliphatic hydroxyl groups excluding tert-OH is 1. The van der Waals surface area contributed by atoms with Crippen LogP contribution in [0.1, 0.15) is 51.9 Å². The molecule has 0 aromatic heterocycles. The Morgan fingerprint density at radius 1 is 0.840 bits per heavy atom. The van der Waals surface area contributed by atoms with Gasteiger partial charge < -0.3 is 10.2 Å². The highest BCUT2D eigenvalue weighted by molar-refractivity contribution is 5.66. The molecule has 0 amide bonds. The van der Waals surface area contributed by atoms with Crippen LogP contribution >= 0.6 is 0 Å². The predicted octanol–water partition coefficient (Wildman–Crippen LogP) is 5.52. The second-order valence-electron chi connectivity index (χ2n) is 5.55. The lowest BCUT2D eigenvalue weighted by atomic mass is 10.2. The van der Waals surface area contributed by atoms with E-state index in [0.29, 0.717) is 12.8 Å². The molecule has 1 unspecified atom stereocenters. The minimum atomic E-state index is -0.798. The maximum atomic E-state index is 10.3. The smallest absolute Gasteiger partial charge is 0.303 e. The van der Waals surface area contributed by atoms with E-state index in [2.05, 4.69) is 43.4 Å². The zero-order valence-electron chi connectivity index (χ0n) is 15.3. The highest BCUT2D eigenvalue weighted by Gasteiger charge is 1.93. The zero-order chi connectivity index (χ0) is 18.6. The van der Waals surface area contributed by atoms with Gasteiger partial charge in [-0.25, -0.2) is 0 Å². The van der Waals surface area contributed by atoms with Crippen LogP contribution in [0.2, 0.25) is 0 Å². The van der Waals surface area contributed by atoms with Crippen LogP contribution in [0, 0.1) is 0 Å². The van der Waals surface area contributed by atoms with E-state index in [4.69, 9.17) is 5.11 Å². The van der Waals surface area contributed by atoms with Gasteiger partial charge in [-0.3, -0.25) is 4.79 Å². The van der Waals surface area contributed by atoms with Crippen LogP contribution in [0.4, 0.5) is 0 Å². The fourth-order valence-corrected chi connectivity index (χ4v) is 1.87. The molecule has 0 spiro atoms. The van der Waals surface area contributed by atoms with Gasteiger partial charge in [-0.05, 0) is 38.5 Å². The fraction of sp³-hybridized carbons (Fsp3) is 0.409. The molecular formula is C22H32O3. The first-order valence-corrected chi connectivity index (χ1v) is 9.00. The summed E-state index contributed by atoms with van der Waals surface area (Å²) >= 11 is 0. The molecule has 0 bridgehead atoms. The molecule has 0 saturated carbocycles. The van der Waals surface area contributed by atoms with Gasteiger partial charge in [-0.1, -0.05) is 79.8 Å². The highest BCUT2D eigenvalue weighted by atomic mass is 16.4. The van der Waals surface area contributed by atoms with Gasteiger partial charge in [0.1, 0.15) is 0 Å². The average molecular weight is 344 g/mol. The van der Waals surface area contributed by atoms with Crippen molar-refractivity contribution in [1.82, 2.24) is 0 Å². The zero-order valence-corrected chi connectivity index (χ0v) is 15.3. The van der Waals surface area contributed by atoms with Crippen LogP contribution < -0.4 is 0 Å². The highest BCUT2D eigenvalue weighted by Crippen LogP contribution is 1.99. The maximum Gasteiger partial charge on any atom is 0.303 e. The molecule has 138 valence electrons. The normalized spacial score (nSPS) is 14.3. The van der Waals surface area contributed by atoms with Crippen molar-refractivity contribution in [3.8, 4) is 0 Å². The SMILES string of the molecule is CC/C=C/C/C=C/C/C=C/C/C=C/CC(O)/C=C/C=C/CCC(=O)O. The lowest BCUT2D eigenvalue weighted by Gasteiger charge is -1.98. The number of aliphatic hydroxyl groups is 1. The molecule has 0 saturated heterocycles. The minimum absolute atomic E-state index is 0.134. The summed E-state index contributed by atoms with van der Waals surface area (Å²) in [6.07, 6.45) is 28.6. The molecule has 2 N–H and O–H groups in total. The standard InChI is InChI=1S/C22H32O3/c1-2-3-4-5-6-7-8-9-10-11-12-15-18-21(23)19-16-13-14-17-20-22(24)25/h3-4,6-7,9-10,12-16,19,21,23H,2,5,8,11,17-18,20H2,1H3,(H,24,25)/b4-3+,7-6+,10-9+,14-13+,15-12+,19-16+. The summed E-state index contributed by atoms with van der Waals surface area (Å²) in [6, 6.07) is 0. The van der Waals surface area contributed by atoms with E-state index in [0.717, 1.165) is 25.7 Å². The molecule has 0 aromatic rings. The summed E-state index contributed by atoms with van der Waals surface area (Å²) in [5.41, 5.74) is 0. The Morgan fingerprint density at radius 3 is 1.96 bits per heavy atom. The van der Waals surface area contributed by atoms with Gasteiger partial charge in [0.05, 0.1) is 6.10 Å². The number of hydrogen-bond acceptors (Lipinski definition) is 2. The summed E-state index contributed by atoms with van der Waals surface area (Å²) in [6.45, 7) is 2.13. The number of rotatable bonds is 14. The third kappa shape index (κ3) is 19.8. The van der Waals surface area contributed by atoms with Crippen molar-refractivity contribution in [2.75, 3.05) is 0 Å². The molecule has 0 aromatic carbocycles. The molecule has 0 aliphatic rings. The van der Waals surface area contributed by atoms with E-state index in [1.807, 2.05) is 12.2 Å². The van der Waals surface area contributed by atoms with Crippen molar-refractivity contribution in [3.63, 3.8) is 0 Å². The molecule has 3 heteroatoms.